The lowest BCUT2D eigenvalue weighted by Gasteiger charge is -2.03. The van der Waals surface area contributed by atoms with Crippen molar-refractivity contribution < 1.29 is 19.7 Å². The summed E-state index contributed by atoms with van der Waals surface area (Å²) in [5.74, 6) is -0.0350. The number of aromatic hydroxyl groups is 1. The van der Waals surface area contributed by atoms with Gasteiger partial charge in [0.15, 0.2) is 0 Å². The molecule has 0 spiro atoms. The van der Waals surface area contributed by atoms with E-state index < -0.39 is 5.97 Å². The molecule has 1 aromatic heterocycles. The fraction of sp³-hybridized carbons (Fsp3) is 0.143. The van der Waals surface area contributed by atoms with Gasteiger partial charge in [-0.2, -0.15) is 0 Å². The smallest absolute Gasteiger partial charge is 0.328 e. The van der Waals surface area contributed by atoms with E-state index in [9.17, 15) is 14.7 Å². The first-order valence-electron chi connectivity index (χ1n) is 8.18. The van der Waals surface area contributed by atoms with Gasteiger partial charge in [-0.15, -0.1) is 0 Å². The molecule has 0 aliphatic rings. The van der Waals surface area contributed by atoms with Crippen molar-refractivity contribution in [3.8, 4) is 11.5 Å². The van der Waals surface area contributed by atoms with Crippen LogP contribution in [0.2, 0.25) is 0 Å². The highest BCUT2D eigenvalue weighted by molar-refractivity contribution is 5.89. The van der Waals surface area contributed by atoms with Crippen molar-refractivity contribution >= 4 is 22.3 Å². The number of allylic oxidation sites excluding steroid dienone is 1. The number of aromatic amines is 1. The first-order chi connectivity index (χ1) is 12.8. The third-order valence-electron chi connectivity index (χ3n) is 3.96. The maximum absolute atomic E-state index is 11.3. The summed E-state index contributed by atoms with van der Waals surface area (Å²) in [5, 5.41) is 19.2. The first kappa shape index (κ1) is 19.8. The molecule has 3 aromatic rings. The summed E-state index contributed by atoms with van der Waals surface area (Å²) in [6, 6.07) is 12.0. The number of aliphatic carboxylic acids is 1. The molecule has 1 heterocycles. The van der Waals surface area contributed by atoms with E-state index in [1.165, 1.54) is 12.1 Å². The molecule has 0 radical (unpaired) electrons. The monoisotopic (exact) mass is 367 g/mol. The Labute approximate surface area is 156 Å². The standard InChI is InChI=1S/C11H12O3.C10H9NO2/c1-8(6-11(12)13)9-4-3-5-10(7-9)14-2;1-6-5-11-10(13)8-3-2-7(12)4-9(6)8/h3-7H,1-2H3,(H,12,13);2-5,12H,1H3,(H,11,13). The zero-order valence-corrected chi connectivity index (χ0v) is 15.3. The normalized spacial score (nSPS) is 10.9. The molecule has 0 unspecified atom stereocenters. The molecule has 0 atom stereocenters. The summed E-state index contributed by atoms with van der Waals surface area (Å²) >= 11 is 0. The first-order valence-corrected chi connectivity index (χ1v) is 8.18. The topological polar surface area (TPSA) is 99.6 Å². The SMILES string of the molecule is COc1cccc(C(C)=CC(=O)O)c1.Cc1c[nH]c(=O)c2ccc(O)cc12. The van der Waals surface area contributed by atoms with Crippen molar-refractivity contribution in [3.05, 3.63) is 76.2 Å². The van der Waals surface area contributed by atoms with Gasteiger partial charge < -0.3 is 19.9 Å². The molecule has 3 N–H and O–H groups in total. The van der Waals surface area contributed by atoms with Crippen LogP contribution in [0.4, 0.5) is 0 Å². The number of carboxylic acid groups (broad SMARTS) is 1. The van der Waals surface area contributed by atoms with Gasteiger partial charge in [0.2, 0.25) is 0 Å². The maximum Gasteiger partial charge on any atom is 0.328 e. The molecule has 6 heteroatoms. The minimum Gasteiger partial charge on any atom is -0.508 e. The Hall–Kier alpha value is -3.54. The Kier molecular flexibility index (Phi) is 6.38. The van der Waals surface area contributed by atoms with E-state index in [2.05, 4.69) is 4.98 Å². The third-order valence-corrected chi connectivity index (χ3v) is 3.96. The third kappa shape index (κ3) is 5.22. The van der Waals surface area contributed by atoms with E-state index in [4.69, 9.17) is 9.84 Å². The number of fused-ring (bicyclic) bond motifs is 1. The van der Waals surface area contributed by atoms with Crippen LogP contribution in [0.1, 0.15) is 18.1 Å². The fourth-order valence-electron chi connectivity index (χ4n) is 2.52. The summed E-state index contributed by atoms with van der Waals surface area (Å²) in [5.41, 5.74) is 2.38. The summed E-state index contributed by atoms with van der Waals surface area (Å²) in [4.78, 5) is 24.4. The van der Waals surface area contributed by atoms with Crippen molar-refractivity contribution in [2.75, 3.05) is 7.11 Å². The molecule has 3 rings (SSSR count). The van der Waals surface area contributed by atoms with Crippen LogP contribution < -0.4 is 10.3 Å². The van der Waals surface area contributed by atoms with Gasteiger partial charge >= 0.3 is 5.97 Å². The molecule has 140 valence electrons. The van der Waals surface area contributed by atoms with Gasteiger partial charge in [0, 0.05) is 17.7 Å². The lowest BCUT2D eigenvalue weighted by Crippen LogP contribution is -2.05. The van der Waals surface area contributed by atoms with E-state index >= 15 is 0 Å². The molecule has 0 aliphatic heterocycles. The highest BCUT2D eigenvalue weighted by atomic mass is 16.5. The number of phenolic OH excluding ortho intramolecular Hbond substituents is 1. The van der Waals surface area contributed by atoms with Crippen LogP contribution in [0.25, 0.3) is 16.3 Å². The maximum atomic E-state index is 11.3. The molecular formula is C21H21NO5. The second-order valence-electron chi connectivity index (χ2n) is 5.93. The average molecular weight is 367 g/mol. The molecule has 0 saturated carbocycles. The number of H-pyrrole nitrogens is 1. The van der Waals surface area contributed by atoms with Crippen LogP contribution in [-0.2, 0) is 4.79 Å². The van der Waals surface area contributed by atoms with E-state index in [0.717, 1.165) is 22.3 Å². The van der Waals surface area contributed by atoms with Gasteiger partial charge in [0.25, 0.3) is 5.56 Å². The summed E-state index contributed by atoms with van der Waals surface area (Å²) in [6.07, 6.45) is 2.82. The Bertz CT molecular complexity index is 1050. The number of ether oxygens (including phenoxy) is 1. The van der Waals surface area contributed by atoms with Gasteiger partial charge in [0.05, 0.1) is 7.11 Å². The van der Waals surface area contributed by atoms with Gasteiger partial charge in [-0.05, 0) is 66.3 Å². The van der Waals surface area contributed by atoms with Crippen LogP contribution in [0, 0.1) is 6.92 Å². The number of hydrogen-bond donors (Lipinski definition) is 3. The van der Waals surface area contributed by atoms with Gasteiger partial charge in [-0.1, -0.05) is 12.1 Å². The number of carboxylic acids is 1. The van der Waals surface area contributed by atoms with Crippen LogP contribution >= 0.6 is 0 Å². The van der Waals surface area contributed by atoms with Crippen LogP contribution in [0.15, 0.2) is 59.5 Å². The number of hydrogen-bond acceptors (Lipinski definition) is 4. The van der Waals surface area contributed by atoms with Crippen molar-refractivity contribution in [2.24, 2.45) is 0 Å². The quantitative estimate of drug-likeness (QED) is 0.613. The van der Waals surface area contributed by atoms with E-state index in [-0.39, 0.29) is 11.3 Å². The molecule has 0 amide bonds. The number of rotatable bonds is 3. The summed E-state index contributed by atoms with van der Waals surface area (Å²) in [7, 11) is 1.58. The Balaban J connectivity index is 0.000000194. The molecule has 2 aromatic carbocycles. The number of nitrogens with one attached hydrogen (secondary N) is 1. The molecular weight excluding hydrogens is 346 g/mol. The highest BCUT2D eigenvalue weighted by Gasteiger charge is 2.01. The lowest BCUT2D eigenvalue weighted by atomic mass is 10.1. The fourth-order valence-corrected chi connectivity index (χ4v) is 2.52. The van der Waals surface area contributed by atoms with Gasteiger partial charge in [-0.25, -0.2) is 4.79 Å². The Morgan fingerprint density at radius 1 is 1.15 bits per heavy atom. The largest absolute Gasteiger partial charge is 0.508 e. The van der Waals surface area contributed by atoms with Crippen LogP contribution in [0.3, 0.4) is 0 Å². The van der Waals surface area contributed by atoms with Crippen molar-refractivity contribution in [1.82, 2.24) is 4.98 Å². The van der Waals surface area contributed by atoms with Gasteiger partial charge in [0.1, 0.15) is 11.5 Å². The van der Waals surface area contributed by atoms with Gasteiger partial charge in [-0.3, -0.25) is 4.79 Å². The second-order valence-corrected chi connectivity index (χ2v) is 5.93. The summed E-state index contributed by atoms with van der Waals surface area (Å²) < 4.78 is 5.04. The molecule has 0 fully saturated rings. The molecule has 27 heavy (non-hydrogen) atoms. The van der Waals surface area contributed by atoms with Crippen molar-refractivity contribution in [3.63, 3.8) is 0 Å². The number of carbonyl (C=O) groups is 1. The van der Waals surface area contributed by atoms with E-state index in [1.807, 2.05) is 25.1 Å². The average Bonchev–Trinajstić information content (AvgIpc) is 2.65. The zero-order valence-electron chi connectivity index (χ0n) is 15.3. The highest BCUT2D eigenvalue weighted by Crippen LogP contribution is 2.20. The number of aromatic nitrogens is 1. The molecule has 0 saturated heterocycles. The van der Waals surface area contributed by atoms with Crippen molar-refractivity contribution in [2.45, 2.75) is 13.8 Å². The molecule has 0 aliphatic carbocycles. The number of benzene rings is 2. The van der Waals surface area contributed by atoms with E-state index in [1.54, 1.807) is 38.4 Å². The molecule has 0 bridgehead atoms. The predicted octanol–water partition coefficient (Wildman–Crippen LogP) is 3.73. The minimum absolute atomic E-state index is 0.124. The second kappa shape index (κ2) is 8.71. The number of methoxy groups -OCH3 is 1. The molecule has 6 nitrogen and oxygen atoms in total. The van der Waals surface area contributed by atoms with Crippen LogP contribution in [0.5, 0.6) is 11.5 Å². The zero-order chi connectivity index (χ0) is 20.0. The Morgan fingerprint density at radius 2 is 1.89 bits per heavy atom. The number of aryl methyl sites for hydroxylation is 1. The van der Waals surface area contributed by atoms with E-state index in [0.29, 0.717) is 11.0 Å². The predicted molar refractivity (Wildman–Crippen MR) is 105 cm³/mol. The number of phenols is 1. The minimum atomic E-state index is -0.940. The number of pyridine rings is 1. The summed E-state index contributed by atoms with van der Waals surface area (Å²) in [6.45, 7) is 3.64. The Morgan fingerprint density at radius 3 is 2.56 bits per heavy atom. The van der Waals surface area contributed by atoms with Crippen LogP contribution in [-0.4, -0.2) is 28.3 Å². The van der Waals surface area contributed by atoms with Crippen molar-refractivity contribution in [1.29, 1.82) is 0 Å². The lowest BCUT2D eigenvalue weighted by molar-refractivity contribution is -0.131.